The minimum Gasteiger partial charge on any atom is -0.351 e. The number of carbonyl (C=O) groups is 2. The standard InChI is InChI=1S/C9H15N5O2/c1-14-5-3-7(13-14)2-4-11-6-8(15)12-9(10)16/h3,5,11H,2,4,6H2,1H3,(H3,10,12,15,16). The molecule has 3 amide bonds. The molecule has 0 saturated carbocycles. The van der Waals surface area contributed by atoms with Crippen LogP contribution in [0.25, 0.3) is 0 Å². The van der Waals surface area contributed by atoms with Crippen LogP contribution < -0.4 is 16.4 Å². The fourth-order valence-corrected chi connectivity index (χ4v) is 1.20. The summed E-state index contributed by atoms with van der Waals surface area (Å²) >= 11 is 0. The third kappa shape index (κ3) is 4.56. The van der Waals surface area contributed by atoms with Gasteiger partial charge in [-0.15, -0.1) is 0 Å². The molecule has 0 radical (unpaired) electrons. The Morgan fingerprint density at radius 2 is 2.31 bits per heavy atom. The molecule has 1 aromatic heterocycles. The first-order valence-corrected chi connectivity index (χ1v) is 4.86. The highest BCUT2D eigenvalue weighted by Crippen LogP contribution is 1.93. The number of nitrogens with zero attached hydrogens (tertiary/aromatic N) is 2. The van der Waals surface area contributed by atoms with Gasteiger partial charge in [0.25, 0.3) is 0 Å². The summed E-state index contributed by atoms with van der Waals surface area (Å²) in [6, 6.07) is 1.07. The molecule has 4 N–H and O–H groups in total. The largest absolute Gasteiger partial charge is 0.351 e. The molecule has 0 aromatic carbocycles. The maximum absolute atomic E-state index is 11.0. The van der Waals surface area contributed by atoms with E-state index in [-0.39, 0.29) is 6.54 Å². The van der Waals surface area contributed by atoms with Crippen LogP contribution in [0, 0.1) is 0 Å². The number of hydrogen-bond donors (Lipinski definition) is 3. The summed E-state index contributed by atoms with van der Waals surface area (Å²) in [6.07, 6.45) is 2.58. The van der Waals surface area contributed by atoms with Crippen LogP contribution in [0.3, 0.4) is 0 Å². The summed E-state index contributed by atoms with van der Waals surface area (Å²) in [5.41, 5.74) is 5.73. The molecule has 16 heavy (non-hydrogen) atoms. The number of urea groups is 1. The van der Waals surface area contributed by atoms with Gasteiger partial charge in [-0.25, -0.2) is 4.79 Å². The predicted molar refractivity (Wildman–Crippen MR) is 57.5 cm³/mol. The molecule has 1 aromatic rings. The Hall–Kier alpha value is -1.89. The smallest absolute Gasteiger partial charge is 0.318 e. The third-order valence-corrected chi connectivity index (χ3v) is 1.87. The monoisotopic (exact) mass is 225 g/mol. The van der Waals surface area contributed by atoms with Gasteiger partial charge in [-0.1, -0.05) is 0 Å². The molecule has 1 rings (SSSR count). The maximum atomic E-state index is 11.0. The summed E-state index contributed by atoms with van der Waals surface area (Å²) in [5, 5.41) is 9.02. The first-order valence-electron chi connectivity index (χ1n) is 4.86. The SMILES string of the molecule is Cn1ccc(CCNCC(=O)NC(N)=O)n1. The van der Waals surface area contributed by atoms with Crippen molar-refractivity contribution in [3.8, 4) is 0 Å². The molecule has 0 saturated heterocycles. The molecule has 1 heterocycles. The molecule has 0 bridgehead atoms. The fourth-order valence-electron chi connectivity index (χ4n) is 1.20. The van der Waals surface area contributed by atoms with E-state index in [0.717, 1.165) is 12.1 Å². The van der Waals surface area contributed by atoms with E-state index >= 15 is 0 Å². The zero-order chi connectivity index (χ0) is 12.0. The Labute approximate surface area is 93.0 Å². The van der Waals surface area contributed by atoms with Crippen molar-refractivity contribution in [2.45, 2.75) is 6.42 Å². The van der Waals surface area contributed by atoms with Gasteiger partial charge >= 0.3 is 6.03 Å². The summed E-state index contributed by atoms with van der Waals surface area (Å²) < 4.78 is 1.72. The van der Waals surface area contributed by atoms with E-state index in [1.807, 2.05) is 24.6 Å². The second-order valence-corrected chi connectivity index (χ2v) is 3.32. The van der Waals surface area contributed by atoms with E-state index in [1.165, 1.54) is 0 Å². The zero-order valence-corrected chi connectivity index (χ0v) is 9.06. The van der Waals surface area contributed by atoms with Crippen molar-refractivity contribution in [2.75, 3.05) is 13.1 Å². The van der Waals surface area contributed by atoms with Gasteiger partial charge in [-0.05, 0) is 6.07 Å². The van der Waals surface area contributed by atoms with Crippen LogP contribution in [-0.4, -0.2) is 34.8 Å². The summed E-state index contributed by atoms with van der Waals surface area (Å²) in [7, 11) is 1.84. The van der Waals surface area contributed by atoms with Crippen LogP contribution in [0.15, 0.2) is 12.3 Å². The lowest BCUT2D eigenvalue weighted by Gasteiger charge is -2.02. The lowest BCUT2D eigenvalue weighted by atomic mass is 10.3. The van der Waals surface area contributed by atoms with Crippen molar-refractivity contribution in [2.24, 2.45) is 12.8 Å². The molecular formula is C9H15N5O2. The minimum absolute atomic E-state index is 0.0653. The van der Waals surface area contributed by atoms with Crippen LogP contribution in [0.4, 0.5) is 4.79 Å². The van der Waals surface area contributed by atoms with E-state index in [4.69, 9.17) is 5.73 Å². The molecule has 0 fully saturated rings. The number of amides is 3. The first kappa shape index (κ1) is 12.2. The molecular weight excluding hydrogens is 210 g/mol. The lowest BCUT2D eigenvalue weighted by Crippen LogP contribution is -2.40. The van der Waals surface area contributed by atoms with Crippen molar-refractivity contribution < 1.29 is 9.59 Å². The molecule has 7 heteroatoms. The van der Waals surface area contributed by atoms with Gasteiger partial charge in [0.2, 0.25) is 5.91 Å². The summed E-state index contributed by atoms with van der Waals surface area (Å²) in [4.78, 5) is 21.3. The topological polar surface area (TPSA) is 102 Å². The number of aryl methyl sites for hydroxylation is 1. The number of nitrogens with one attached hydrogen (secondary N) is 2. The van der Waals surface area contributed by atoms with Crippen molar-refractivity contribution in [3.05, 3.63) is 18.0 Å². The molecule has 88 valence electrons. The number of primary amides is 1. The second kappa shape index (κ2) is 5.86. The number of aromatic nitrogens is 2. The summed E-state index contributed by atoms with van der Waals surface area (Å²) in [6.45, 7) is 0.680. The second-order valence-electron chi connectivity index (χ2n) is 3.32. The van der Waals surface area contributed by atoms with Gasteiger partial charge in [0.15, 0.2) is 0 Å². The maximum Gasteiger partial charge on any atom is 0.318 e. The van der Waals surface area contributed by atoms with Gasteiger partial charge in [0, 0.05) is 26.2 Å². The normalized spacial score (nSPS) is 10.1. The van der Waals surface area contributed by atoms with E-state index in [9.17, 15) is 9.59 Å². The highest BCUT2D eigenvalue weighted by Gasteiger charge is 2.03. The Morgan fingerprint density at radius 3 is 2.88 bits per heavy atom. The number of hydrogen-bond acceptors (Lipinski definition) is 4. The molecule has 0 unspecified atom stereocenters. The van der Waals surface area contributed by atoms with Gasteiger partial charge in [-0.2, -0.15) is 5.10 Å². The van der Waals surface area contributed by atoms with Crippen molar-refractivity contribution in [1.82, 2.24) is 20.4 Å². The van der Waals surface area contributed by atoms with Crippen LogP contribution in [0.5, 0.6) is 0 Å². The quantitative estimate of drug-likeness (QED) is 0.545. The Balaban J connectivity index is 2.12. The van der Waals surface area contributed by atoms with Gasteiger partial charge in [-0.3, -0.25) is 14.8 Å². The highest BCUT2D eigenvalue weighted by molar-refractivity contribution is 5.94. The third-order valence-electron chi connectivity index (χ3n) is 1.87. The molecule has 0 spiro atoms. The zero-order valence-electron chi connectivity index (χ0n) is 9.06. The minimum atomic E-state index is -0.837. The fraction of sp³-hybridized carbons (Fsp3) is 0.444. The van der Waals surface area contributed by atoms with Crippen molar-refractivity contribution >= 4 is 11.9 Å². The van der Waals surface area contributed by atoms with Gasteiger partial charge in [0.1, 0.15) is 0 Å². The average Bonchev–Trinajstić information content (AvgIpc) is 2.58. The summed E-state index contributed by atoms with van der Waals surface area (Å²) in [5.74, 6) is -0.437. The van der Waals surface area contributed by atoms with E-state index in [1.54, 1.807) is 4.68 Å². The number of carbonyl (C=O) groups excluding carboxylic acids is 2. The van der Waals surface area contributed by atoms with Crippen LogP contribution >= 0.6 is 0 Å². The molecule has 0 aliphatic carbocycles. The number of rotatable bonds is 5. The Morgan fingerprint density at radius 1 is 1.56 bits per heavy atom. The average molecular weight is 225 g/mol. The van der Waals surface area contributed by atoms with E-state index in [2.05, 4.69) is 10.4 Å². The first-order chi connectivity index (χ1) is 7.58. The predicted octanol–water partition coefficient (Wildman–Crippen LogP) is -1.25. The van der Waals surface area contributed by atoms with Crippen LogP contribution in [0.1, 0.15) is 5.69 Å². The molecule has 7 nitrogen and oxygen atoms in total. The van der Waals surface area contributed by atoms with E-state index < -0.39 is 11.9 Å². The molecule has 0 aliphatic rings. The Kier molecular flexibility index (Phi) is 4.46. The molecule has 0 atom stereocenters. The van der Waals surface area contributed by atoms with Crippen LogP contribution in [-0.2, 0) is 18.3 Å². The van der Waals surface area contributed by atoms with Gasteiger partial charge < -0.3 is 11.1 Å². The molecule has 0 aliphatic heterocycles. The van der Waals surface area contributed by atoms with Gasteiger partial charge in [0.05, 0.1) is 12.2 Å². The number of nitrogens with two attached hydrogens (primary N) is 1. The van der Waals surface area contributed by atoms with Crippen molar-refractivity contribution in [1.29, 1.82) is 0 Å². The lowest BCUT2D eigenvalue weighted by molar-refractivity contribution is -0.119. The van der Waals surface area contributed by atoms with E-state index in [0.29, 0.717) is 6.54 Å². The van der Waals surface area contributed by atoms with Crippen LogP contribution in [0.2, 0.25) is 0 Å². The Bertz CT molecular complexity index is 374. The van der Waals surface area contributed by atoms with Crippen molar-refractivity contribution in [3.63, 3.8) is 0 Å². The number of imide groups is 1. The highest BCUT2D eigenvalue weighted by atomic mass is 16.2.